The van der Waals surface area contributed by atoms with Crippen LogP contribution in [0.3, 0.4) is 0 Å². The van der Waals surface area contributed by atoms with E-state index in [0.717, 1.165) is 0 Å². The first kappa shape index (κ1) is 11.8. The molecule has 0 rings (SSSR count). The van der Waals surface area contributed by atoms with E-state index in [1.165, 1.54) is 0 Å². The second kappa shape index (κ2) is 8.07. The predicted octanol–water partition coefficient (Wildman–Crippen LogP) is -2.81. The Hall–Kier alpha value is 1.07. The summed E-state index contributed by atoms with van der Waals surface area (Å²) in [6, 6.07) is 0. The summed E-state index contributed by atoms with van der Waals surface area (Å²) in [5.41, 5.74) is 2.27. The van der Waals surface area contributed by atoms with Crippen LogP contribution >= 0.6 is 0 Å². The fourth-order valence-electron chi connectivity index (χ4n) is 0.186. The molecule has 0 spiro atoms. The van der Waals surface area contributed by atoms with Crippen LogP contribution in [-0.2, 0) is 9.63 Å². The molecule has 0 radical (unpaired) electrons. The van der Waals surface area contributed by atoms with Gasteiger partial charge in [0.05, 0.1) is 0 Å². The molecule has 0 saturated heterocycles. The fourth-order valence-corrected chi connectivity index (χ4v) is 0.186. The molecule has 0 saturated carbocycles. The largest absolute Gasteiger partial charge is 1.00 e. The molecule has 0 fully saturated rings. The van der Waals surface area contributed by atoms with Crippen molar-refractivity contribution >= 4 is 5.97 Å². The standard InChI is InChI=1S/C4H9NO2.K.H/c1-3-4(6)7-5-2;;/h5H,3H2,1-2H3;;/q;+1;-1. The van der Waals surface area contributed by atoms with Crippen molar-refractivity contribution < 1.29 is 62.4 Å². The van der Waals surface area contributed by atoms with Crippen LogP contribution in [-0.4, -0.2) is 13.0 Å². The Bertz CT molecular complexity index is 71.6. The van der Waals surface area contributed by atoms with Gasteiger partial charge in [-0.05, 0) is 0 Å². The molecule has 0 aromatic carbocycles. The van der Waals surface area contributed by atoms with Crippen molar-refractivity contribution in [2.24, 2.45) is 0 Å². The van der Waals surface area contributed by atoms with Crippen LogP contribution in [0.15, 0.2) is 0 Å². The topological polar surface area (TPSA) is 38.3 Å². The molecule has 0 bridgehead atoms. The van der Waals surface area contributed by atoms with E-state index in [1.54, 1.807) is 14.0 Å². The predicted molar refractivity (Wildman–Crippen MR) is 26.6 cm³/mol. The van der Waals surface area contributed by atoms with Crippen molar-refractivity contribution in [2.75, 3.05) is 7.05 Å². The van der Waals surface area contributed by atoms with Crippen molar-refractivity contribution in [1.82, 2.24) is 5.48 Å². The minimum Gasteiger partial charge on any atom is -1.00 e. The Morgan fingerprint density at radius 3 is 2.50 bits per heavy atom. The molecule has 0 aromatic rings. The number of hydrogen-bond donors (Lipinski definition) is 1. The van der Waals surface area contributed by atoms with E-state index >= 15 is 0 Å². The quantitative estimate of drug-likeness (QED) is 0.335. The number of carbonyl (C=O) groups excluding carboxylic acids is 1. The van der Waals surface area contributed by atoms with Gasteiger partial charge in [0, 0.05) is 13.5 Å². The van der Waals surface area contributed by atoms with Gasteiger partial charge in [-0.1, -0.05) is 6.92 Å². The van der Waals surface area contributed by atoms with E-state index in [0.29, 0.717) is 6.42 Å². The average Bonchev–Trinajstić information content (AvgIpc) is 1.68. The molecule has 4 heteroatoms. The first-order valence-corrected chi connectivity index (χ1v) is 2.17. The molecule has 3 nitrogen and oxygen atoms in total. The Morgan fingerprint density at radius 1 is 1.88 bits per heavy atom. The van der Waals surface area contributed by atoms with Gasteiger partial charge in [-0.25, -0.2) is 0 Å². The monoisotopic (exact) mass is 143 g/mol. The van der Waals surface area contributed by atoms with Gasteiger partial charge in [0.1, 0.15) is 0 Å². The van der Waals surface area contributed by atoms with E-state index < -0.39 is 0 Å². The molecule has 0 aliphatic carbocycles. The minimum atomic E-state index is -0.234. The van der Waals surface area contributed by atoms with Gasteiger partial charge in [-0.3, -0.25) is 4.79 Å². The summed E-state index contributed by atoms with van der Waals surface area (Å²) in [6.07, 6.45) is 0.418. The normalized spacial score (nSPS) is 7.25. The van der Waals surface area contributed by atoms with Crippen molar-refractivity contribution in [1.29, 1.82) is 0 Å². The first-order valence-electron chi connectivity index (χ1n) is 2.17. The molecule has 0 amide bonds. The van der Waals surface area contributed by atoms with Crippen LogP contribution in [0, 0.1) is 0 Å². The van der Waals surface area contributed by atoms with Gasteiger partial charge in [-0.2, -0.15) is 5.48 Å². The Kier molecular flexibility index (Phi) is 11.9. The number of hydrogen-bond acceptors (Lipinski definition) is 3. The van der Waals surface area contributed by atoms with Gasteiger partial charge in [-0.15, -0.1) is 0 Å². The minimum absolute atomic E-state index is 0. The smallest absolute Gasteiger partial charge is 1.00 e. The molecule has 8 heavy (non-hydrogen) atoms. The molecule has 44 valence electrons. The molecule has 1 N–H and O–H groups in total. The summed E-state index contributed by atoms with van der Waals surface area (Å²) in [5, 5.41) is 0. The third-order valence-corrected chi connectivity index (χ3v) is 0.505. The van der Waals surface area contributed by atoms with Crippen molar-refractivity contribution in [3.63, 3.8) is 0 Å². The van der Waals surface area contributed by atoms with Crippen molar-refractivity contribution in [3.05, 3.63) is 0 Å². The molecule has 0 aromatic heterocycles. The number of hydroxylamine groups is 1. The second-order valence-electron chi connectivity index (χ2n) is 1.03. The van der Waals surface area contributed by atoms with E-state index in [9.17, 15) is 4.79 Å². The van der Waals surface area contributed by atoms with Crippen LogP contribution in [0.1, 0.15) is 14.8 Å². The molecule has 0 atom stereocenters. The maximum absolute atomic E-state index is 10.1. The zero-order chi connectivity index (χ0) is 5.70. The van der Waals surface area contributed by atoms with E-state index in [4.69, 9.17) is 0 Å². The Labute approximate surface area is 93.0 Å². The number of nitrogens with one attached hydrogen (secondary N) is 1. The average molecular weight is 143 g/mol. The zero-order valence-electron chi connectivity index (χ0n) is 6.52. The fraction of sp³-hybridized carbons (Fsp3) is 0.750. The van der Waals surface area contributed by atoms with Gasteiger partial charge in [0.25, 0.3) is 0 Å². The number of carbonyl (C=O) groups is 1. The summed E-state index contributed by atoms with van der Waals surface area (Å²) in [7, 11) is 1.55. The van der Waals surface area contributed by atoms with Crippen LogP contribution in [0.4, 0.5) is 0 Å². The maximum atomic E-state index is 10.1. The Morgan fingerprint density at radius 2 is 2.38 bits per heavy atom. The summed E-state index contributed by atoms with van der Waals surface area (Å²) in [4.78, 5) is 14.4. The third-order valence-electron chi connectivity index (χ3n) is 0.505. The maximum Gasteiger partial charge on any atom is 1.00 e. The van der Waals surface area contributed by atoms with Crippen LogP contribution in [0.2, 0.25) is 0 Å². The molecule has 0 unspecified atom stereocenters. The van der Waals surface area contributed by atoms with E-state index in [2.05, 4.69) is 10.3 Å². The molecule has 0 aliphatic heterocycles. The van der Waals surface area contributed by atoms with E-state index in [1.807, 2.05) is 0 Å². The zero-order valence-corrected chi connectivity index (χ0v) is 8.65. The van der Waals surface area contributed by atoms with Crippen molar-refractivity contribution in [3.8, 4) is 0 Å². The molecule has 0 heterocycles. The summed E-state index contributed by atoms with van der Waals surface area (Å²) >= 11 is 0. The van der Waals surface area contributed by atoms with Crippen LogP contribution < -0.4 is 56.9 Å². The first-order chi connectivity index (χ1) is 3.31. The summed E-state index contributed by atoms with van der Waals surface area (Å²) < 4.78 is 0. The van der Waals surface area contributed by atoms with Gasteiger partial charge in [0.2, 0.25) is 0 Å². The second-order valence-corrected chi connectivity index (χ2v) is 1.03. The molecule has 0 aliphatic rings. The molecular formula is C4H10KNO2. The van der Waals surface area contributed by atoms with Gasteiger partial charge in [0.15, 0.2) is 0 Å². The summed E-state index contributed by atoms with van der Waals surface area (Å²) in [6.45, 7) is 1.74. The summed E-state index contributed by atoms with van der Waals surface area (Å²) in [5.74, 6) is -0.234. The van der Waals surface area contributed by atoms with E-state index in [-0.39, 0.29) is 58.8 Å². The van der Waals surface area contributed by atoms with Crippen LogP contribution in [0.25, 0.3) is 0 Å². The Balaban J connectivity index is -0.000000180. The molecular weight excluding hydrogens is 133 g/mol. The van der Waals surface area contributed by atoms with Gasteiger partial charge < -0.3 is 6.26 Å². The van der Waals surface area contributed by atoms with Crippen LogP contribution in [0.5, 0.6) is 0 Å². The van der Waals surface area contributed by atoms with Gasteiger partial charge >= 0.3 is 57.4 Å². The third kappa shape index (κ3) is 7.07. The SMILES string of the molecule is CCC(=O)ONC.[H-].[K+]. The number of rotatable bonds is 2. The van der Waals surface area contributed by atoms with Crippen molar-refractivity contribution in [2.45, 2.75) is 13.3 Å².